The zero-order valence-electron chi connectivity index (χ0n) is 6.57. The summed E-state index contributed by atoms with van der Waals surface area (Å²) in [5.74, 6) is 0.440. The van der Waals surface area contributed by atoms with E-state index in [1.807, 2.05) is 10.8 Å². The predicted octanol–water partition coefficient (Wildman–Crippen LogP) is 2.55. The van der Waals surface area contributed by atoms with E-state index in [-0.39, 0.29) is 0 Å². The second-order valence-electron chi connectivity index (χ2n) is 2.46. The van der Waals surface area contributed by atoms with E-state index in [4.69, 9.17) is 5.73 Å². The minimum atomic E-state index is 0.440. The summed E-state index contributed by atoms with van der Waals surface area (Å²) < 4.78 is 1.03. The van der Waals surface area contributed by atoms with Gasteiger partial charge in [-0.25, -0.2) is 4.98 Å². The zero-order chi connectivity index (χ0) is 9.26. The van der Waals surface area contributed by atoms with E-state index in [1.54, 1.807) is 17.5 Å². The first kappa shape index (κ1) is 8.65. The van der Waals surface area contributed by atoms with E-state index in [1.165, 1.54) is 6.20 Å². The summed E-state index contributed by atoms with van der Waals surface area (Å²) in [4.78, 5) is 8.15. The molecule has 13 heavy (non-hydrogen) atoms. The van der Waals surface area contributed by atoms with Crippen molar-refractivity contribution in [2.24, 2.45) is 0 Å². The van der Waals surface area contributed by atoms with Crippen LogP contribution in [0, 0.1) is 0 Å². The summed E-state index contributed by atoms with van der Waals surface area (Å²) in [5, 5.41) is 4.01. The number of hydrogen-bond donors (Lipinski definition) is 1. The van der Waals surface area contributed by atoms with Crippen LogP contribution in [0.1, 0.15) is 0 Å². The van der Waals surface area contributed by atoms with Crippen LogP contribution in [0.3, 0.4) is 0 Å². The van der Waals surface area contributed by atoms with Crippen LogP contribution in [0.2, 0.25) is 0 Å². The molecule has 2 rings (SSSR count). The Labute approximate surface area is 87.8 Å². The highest BCUT2D eigenvalue weighted by molar-refractivity contribution is 9.10. The summed E-state index contributed by atoms with van der Waals surface area (Å²) in [6, 6.07) is 0. The van der Waals surface area contributed by atoms with Crippen LogP contribution in [-0.2, 0) is 0 Å². The van der Waals surface area contributed by atoms with Crippen molar-refractivity contribution in [3.8, 4) is 11.3 Å². The van der Waals surface area contributed by atoms with Gasteiger partial charge in [-0.2, -0.15) is 11.3 Å². The van der Waals surface area contributed by atoms with Gasteiger partial charge in [0.05, 0.1) is 18.1 Å². The Bertz CT molecular complexity index is 427. The Hall–Kier alpha value is -0.940. The van der Waals surface area contributed by atoms with Gasteiger partial charge in [0, 0.05) is 20.8 Å². The van der Waals surface area contributed by atoms with Gasteiger partial charge in [0.15, 0.2) is 0 Å². The highest BCUT2D eigenvalue weighted by atomic mass is 79.9. The number of nitrogen functional groups attached to an aromatic ring is 1. The second-order valence-corrected chi connectivity index (χ2v) is 4.06. The number of hydrogen-bond acceptors (Lipinski definition) is 4. The van der Waals surface area contributed by atoms with Crippen molar-refractivity contribution < 1.29 is 0 Å². The molecule has 2 aromatic heterocycles. The van der Waals surface area contributed by atoms with Crippen LogP contribution in [0.5, 0.6) is 0 Å². The Balaban J connectivity index is 2.53. The van der Waals surface area contributed by atoms with Crippen LogP contribution in [0.25, 0.3) is 11.3 Å². The first-order valence-corrected chi connectivity index (χ1v) is 5.30. The second kappa shape index (κ2) is 3.43. The molecule has 0 atom stereocenters. The van der Waals surface area contributed by atoms with E-state index >= 15 is 0 Å². The summed E-state index contributed by atoms with van der Waals surface area (Å²) in [7, 11) is 0. The molecule has 2 heterocycles. The average Bonchev–Trinajstić information content (AvgIpc) is 2.51. The summed E-state index contributed by atoms with van der Waals surface area (Å²) >= 11 is 5.04. The predicted molar refractivity (Wildman–Crippen MR) is 57.5 cm³/mol. The van der Waals surface area contributed by atoms with Gasteiger partial charge in [-0.3, -0.25) is 4.98 Å². The van der Waals surface area contributed by atoms with Crippen molar-refractivity contribution in [3.63, 3.8) is 0 Å². The third-order valence-electron chi connectivity index (χ3n) is 1.54. The average molecular weight is 256 g/mol. The van der Waals surface area contributed by atoms with Gasteiger partial charge in [0.2, 0.25) is 0 Å². The fourth-order valence-electron chi connectivity index (χ4n) is 0.975. The van der Waals surface area contributed by atoms with E-state index in [0.29, 0.717) is 5.82 Å². The number of nitrogens with two attached hydrogens (primary N) is 1. The minimum absolute atomic E-state index is 0.440. The summed E-state index contributed by atoms with van der Waals surface area (Å²) in [6.45, 7) is 0. The van der Waals surface area contributed by atoms with E-state index < -0.39 is 0 Å². The number of anilines is 1. The topological polar surface area (TPSA) is 51.8 Å². The Morgan fingerprint density at radius 1 is 1.31 bits per heavy atom. The maximum Gasteiger partial charge on any atom is 0.142 e. The molecule has 0 bridgehead atoms. The Morgan fingerprint density at radius 3 is 2.77 bits per heavy atom. The molecule has 0 amide bonds. The van der Waals surface area contributed by atoms with Crippen LogP contribution in [0.4, 0.5) is 5.82 Å². The van der Waals surface area contributed by atoms with Crippen molar-refractivity contribution >= 4 is 33.1 Å². The molecule has 0 aliphatic carbocycles. The number of rotatable bonds is 1. The SMILES string of the molecule is Nc1cncc(-c2cscc2Br)n1. The molecule has 5 heteroatoms. The number of nitrogens with zero attached hydrogens (tertiary/aromatic N) is 2. The number of halogens is 1. The van der Waals surface area contributed by atoms with Crippen molar-refractivity contribution in [2.45, 2.75) is 0 Å². The quantitative estimate of drug-likeness (QED) is 0.853. The molecular weight excluding hydrogens is 250 g/mol. The molecule has 0 fully saturated rings. The van der Waals surface area contributed by atoms with Gasteiger partial charge in [-0.1, -0.05) is 0 Å². The molecule has 0 unspecified atom stereocenters. The van der Waals surface area contributed by atoms with Gasteiger partial charge >= 0.3 is 0 Å². The minimum Gasteiger partial charge on any atom is -0.382 e. The van der Waals surface area contributed by atoms with E-state index in [9.17, 15) is 0 Å². The maximum atomic E-state index is 5.53. The molecule has 0 saturated carbocycles. The molecule has 0 saturated heterocycles. The lowest BCUT2D eigenvalue weighted by molar-refractivity contribution is 1.22. The lowest BCUT2D eigenvalue weighted by atomic mass is 10.2. The van der Waals surface area contributed by atoms with Gasteiger partial charge in [-0.05, 0) is 15.9 Å². The van der Waals surface area contributed by atoms with Crippen LogP contribution in [0.15, 0.2) is 27.6 Å². The molecule has 3 nitrogen and oxygen atoms in total. The molecule has 2 N–H and O–H groups in total. The van der Waals surface area contributed by atoms with Crippen molar-refractivity contribution in [1.29, 1.82) is 0 Å². The van der Waals surface area contributed by atoms with Gasteiger partial charge in [0.25, 0.3) is 0 Å². The lowest BCUT2D eigenvalue weighted by Gasteiger charge is -1.98. The molecule has 0 radical (unpaired) electrons. The summed E-state index contributed by atoms with van der Waals surface area (Å²) in [5.41, 5.74) is 7.36. The standard InChI is InChI=1S/C8H6BrN3S/c9-6-4-13-3-5(6)7-1-11-2-8(10)12-7/h1-4H,(H2,10,12). The highest BCUT2D eigenvalue weighted by Crippen LogP contribution is 2.29. The molecule has 0 aromatic carbocycles. The monoisotopic (exact) mass is 255 g/mol. The molecule has 66 valence electrons. The van der Waals surface area contributed by atoms with Crippen LogP contribution in [-0.4, -0.2) is 9.97 Å². The van der Waals surface area contributed by atoms with Gasteiger partial charge < -0.3 is 5.73 Å². The lowest BCUT2D eigenvalue weighted by Crippen LogP contribution is -1.92. The third-order valence-corrected chi connectivity index (χ3v) is 3.25. The highest BCUT2D eigenvalue weighted by Gasteiger charge is 2.05. The molecule has 0 aliphatic rings. The smallest absolute Gasteiger partial charge is 0.142 e. The van der Waals surface area contributed by atoms with Crippen LogP contribution < -0.4 is 5.73 Å². The normalized spacial score (nSPS) is 10.2. The first-order chi connectivity index (χ1) is 6.27. The number of thiophene rings is 1. The largest absolute Gasteiger partial charge is 0.382 e. The molecule has 2 aromatic rings. The van der Waals surface area contributed by atoms with E-state index in [2.05, 4.69) is 25.9 Å². The molecular formula is C8H6BrN3S. The van der Waals surface area contributed by atoms with E-state index in [0.717, 1.165) is 15.7 Å². The zero-order valence-corrected chi connectivity index (χ0v) is 8.97. The Kier molecular flexibility index (Phi) is 2.28. The van der Waals surface area contributed by atoms with Gasteiger partial charge in [0.1, 0.15) is 5.82 Å². The fraction of sp³-hybridized carbons (Fsp3) is 0. The first-order valence-electron chi connectivity index (χ1n) is 3.57. The maximum absolute atomic E-state index is 5.53. The van der Waals surface area contributed by atoms with Crippen molar-refractivity contribution in [3.05, 3.63) is 27.6 Å². The fourth-order valence-corrected chi connectivity index (χ4v) is 2.47. The van der Waals surface area contributed by atoms with Gasteiger partial charge in [-0.15, -0.1) is 0 Å². The third kappa shape index (κ3) is 1.71. The summed E-state index contributed by atoms with van der Waals surface area (Å²) in [6.07, 6.45) is 3.23. The molecule has 0 aliphatic heterocycles. The molecule has 0 spiro atoms. The van der Waals surface area contributed by atoms with Crippen molar-refractivity contribution in [2.75, 3.05) is 5.73 Å². The van der Waals surface area contributed by atoms with Crippen molar-refractivity contribution in [1.82, 2.24) is 9.97 Å². The number of aromatic nitrogens is 2. The van der Waals surface area contributed by atoms with Crippen LogP contribution >= 0.6 is 27.3 Å². The Morgan fingerprint density at radius 2 is 2.15 bits per heavy atom.